The van der Waals surface area contributed by atoms with E-state index in [0.29, 0.717) is 18.6 Å². The van der Waals surface area contributed by atoms with Gasteiger partial charge in [0.2, 0.25) is 5.91 Å². The molecule has 2 fully saturated rings. The number of hydrogen-bond donors (Lipinski definition) is 1. The quantitative estimate of drug-likeness (QED) is 0.926. The van der Waals surface area contributed by atoms with Crippen molar-refractivity contribution >= 4 is 11.6 Å². The number of anilines is 1. The average Bonchev–Trinajstić information content (AvgIpc) is 3.26. The van der Waals surface area contributed by atoms with E-state index in [-0.39, 0.29) is 17.9 Å². The van der Waals surface area contributed by atoms with Gasteiger partial charge < -0.3 is 10.0 Å². The summed E-state index contributed by atoms with van der Waals surface area (Å²) in [6.45, 7) is 3.74. The standard InChI is InChI=1S/C19H26N2O2/c1-2-19(13-22)11-15-7-8-17(19)21(15)12-18(23)20-10-9-14-5-3-4-6-16(14)20/h3-6,15,17,22H,2,7-13H2,1H3/t15-,17+,19-/m1/s1. The summed E-state index contributed by atoms with van der Waals surface area (Å²) < 4.78 is 0. The van der Waals surface area contributed by atoms with E-state index in [2.05, 4.69) is 24.0 Å². The summed E-state index contributed by atoms with van der Waals surface area (Å²) in [6.07, 6.45) is 5.32. The first-order chi connectivity index (χ1) is 11.2. The second-order valence-corrected chi connectivity index (χ2v) is 7.42. The van der Waals surface area contributed by atoms with Crippen LogP contribution in [0, 0.1) is 5.41 Å². The molecular formula is C19H26N2O2. The van der Waals surface area contributed by atoms with Crippen LogP contribution >= 0.6 is 0 Å². The maximum Gasteiger partial charge on any atom is 0.241 e. The first-order valence-electron chi connectivity index (χ1n) is 8.93. The van der Waals surface area contributed by atoms with Crippen LogP contribution in [0.2, 0.25) is 0 Å². The van der Waals surface area contributed by atoms with E-state index in [0.717, 1.165) is 37.9 Å². The number of nitrogens with zero attached hydrogens (tertiary/aromatic N) is 2. The van der Waals surface area contributed by atoms with Crippen molar-refractivity contribution < 1.29 is 9.90 Å². The van der Waals surface area contributed by atoms with Crippen molar-refractivity contribution in [2.24, 2.45) is 5.41 Å². The van der Waals surface area contributed by atoms with Crippen molar-refractivity contribution in [3.63, 3.8) is 0 Å². The minimum Gasteiger partial charge on any atom is -0.396 e. The lowest BCUT2D eigenvalue weighted by Crippen LogP contribution is -2.45. The van der Waals surface area contributed by atoms with Crippen LogP contribution < -0.4 is 4.90 Å². The van der Waals surface area contributed by atoms with Gasteiger partial charge in [-0.3, -0.25) is 9.69 Å². The Kier molecular flexibility index (Phi) is 3.69. The Morgan fingerprint density at radius 3 is 2.91 bits per heavy atom. The first-order valence-corrected chi connectivity index (χ1v) is 8.93. The largest absolute Gasteiger partial charge is 0.396 e. The van der Waals surface area contributed by atoms with Gasteiger partial charge in [0, 0.05) is 29.7 Å². The zero-order chi connectivity index (χ0) is 16.0. The summed E-state index contributed by atoms with van der Waals surface area (Å²) in [7, 11) is 0. The van der Waals surface area contributed by atoms with Crippen LogP contribution in [0.15, 0.2) is 24.3 Å². The van der Waals surface area contributed by atoms with Crippen molar-refractivity contribution in [3.8, 4) is 0 Å². The molecule has 1 N–H and O–H groups in total. The molecule has 0 aromatic heterocycles. The number of para-hydroxylation sites is 1. The van der Waals surface area contributed by atoms with E-state index in [4.69, 9.17) is 0 Å². The Labute approximate surface area is 138 Å². The highest BCUT2D eigenvalue weighted by Gasteiger charge is 2.55. The van der Waals surface area contributed by atoms with Gasteiger partial charge in [0.15, 0.2) is 0 Å². The highest BCUT2D eigenvalue weighted by Crippen LogP contribution is 2.51. The number of hydrogen-bond acceptors (Lipinski definition) is 3. The van der Waals surface area contributed by atoms with E-state index in [1.165, 1.54) is 12.0 Å². The molecule has 0 radical (unpaired) electrons. The van der Waals surface area contributed by atoms with Crippen LogP contribution in [0.5, 0.6) is 0 Å². The number of amides is 1. The first kappa shape index (κ1) is 15.2. The monoisotopic (exact) mass is 314 g/mol. The number of aliphatic hydroxyl groups is 1. The second kappa shape index (κ2) is 5.60. The number of rotatable bonds is 4. The summed E-state index contributed by atoms with van der Waals surface area (Å²) in [4.78, 5) is 17.2. The normalized spacial score (nSPS) is 32.5. The lowest BCUT2D eigenvalue weighted by Gasteiger charge is -2.35. The van der Waals surface area contributed by atoms with Crippen molar-refractivity contribution in [2.75, 3.05) is 24.6 Å². The van der Waals surface area contributed by atoms with Crippen LogP contribution in [0.3, 0.4) is 0 Å². The molecule has 23 heavy (non-hydrogen) atoms. The van der Waals surface area contributed by atoms with E-state index in [1.54, 1.807) is 0 Å². The van der Waals surface area contributed by atoms with E-state index in [9.17, 15) is 9.90 Å². The summed E-state index contributed by atoms with van der Waals surface area (Å²) in [5.74, 6) is 0.219. The molecule has 3 aliphatic heterocycles. The third-order valence-corrected chi connectivity index (χ3v) is 6.52. The van der Waals surface area contributed by atoms with Crippen molar-refractivity contribution in [3.05, 3.63) is 29.8 Å². The maximum atomic E-state index is 12.9. The van der Waals surface area contributed by atoms with Gasteiger partial charge in [0.25, 0.3) is 0 Å². The average molecular weight is 314 g/mol. The number of benzene rings is 1. The Morgan fingerprint density at radius 1 is 1.35 bits per heavy atom. The molecule has 1 aromatic carbocycles. The molecule has 4 rings (SSSR count). The van der Waals surface area contributed by atoms with E-state index in [1.807, 2.05) is 17.0 Å². The summed E-state index contributed by atoms with van der Waals surface area (Å²) >= 11 is 0. The number of carbonyl (C=O) groups is 1. The fourth-order valence-electron chi connectivity index (χ4n) is 5.16. The Hall–Kier alpha value is -1.39. The van der Waals surface area contributed by atoms with Gasteiger partial charge >= 0.3 is 0 Å². The Bertz CT molecular complexity index is 611. The molecule has 4 nitrogen and oxygen atoms in total. The van der Waals surface area contributed by atoms with Crippen molar-refractivity contribution in [1.82, 2.24) is 4.90 Å². The van der Waals surface area contributed by atoms with Crippen LogP contribution in [0.4, 0.5) is 5.69 Å². The fraction of sp³-hybridized carbons (Fsp3) is 0.632. The van der Waals surface area contributed by atoms with Gasteiger partial charge in [0.1, 0.15) is 0 Å². The Morgan fingerprint density at radius 2 is 2.17 bits per heavy atom. The molecular weight excluding hydrogens is 288 g/mol. The molecule has 0 aliphatic carbocycles. The topological polar surface area (TPSA) is 43.8 Å². The molecule has 1 aromatic rings. The maximum absolute atomic E-state index is 12.9. The molecule has 124 valence electrons. The molecule has 0 saturated carbocycles. The second-order valence-electron chi connectivity index (χ2n) is 7.42. The summed E-state index contributed by atoms with van der Waals surface area (Å²) in [5, 5.41) is 9.91. The van der Waals surface area contributed by atoms with Crippen LogP contribution in [0.1, 0.15) is 38.2 Å². The zero-order valence-electron chi connectivity index (χ0n) is 13.9. The third-order valence-electron chi connectivity index (χ3n) is 6.52. The molecule has 0 spiro atoms. The predicted octanol–water partition coefficient (Wildman–Crippen LogP) is 2.20. The van der Waals surface area contributed by atoms with Gasteiger partial charge in [-0.1, -0.05) is 25.1 Å². The molecule has 2 bridgehead atoms. The molecule has 4 heteroatoms. The number of carbonyl (C=O) groups excluding carboxylic acids is 1. The highest BCUT2D eigenvalue weighted by atomic mass is 16.3. The van der Waals surface area contributed by atoms with Gasteiger partial charge in [-0.25, -0.2) is 0 Å². The van der Waals surface area contributed by atoms with E-state index >= 15 is 0 Å². The number of aliphatic hydroxyl groups excluding tert-OH is 1. The SMILES string of the molecule is CC[C@]1(CO)C[C@H]2CC[C@@H]1N2CC(=O)N1CCc2ccccc21. The highest BCUT2D eigenvalue weighted by molar-refractivity contribution is 5.96. The zero-order valence-corrected chi connectivity index (χ0v) is 13.9. The lowest BCUT2D eigenvalue weighted by molar-refractivity contribution is -0.120. The molecule has 2 saturated heterocycles. The number of fused-ring (bicyclic) bond motifs is 3. The van der Waals surface area contributed by atoms with Gasteiger partial charge in [0.05, 0.1) is 13.2 Å². The van der Waals surface area contributed by atoms with Crippen molar-refractivity contribution in [1.29, 1.82) is 0 Å². The Balaban J connectivity index is 1.50. The van der Waals surface area contributed by atoms with Gasteiger partial charge in [-0.2, -0.15) is 0 Å². The minimum atomic E-state index is 0.0200. The van der Waals surface area contributed by atoms with Gasteiger partial charge in [-0.05, 0) is 43.7 Å². The predicted molar refractivity (Wildman–Crippen MR) is 90.4 cm³/mol. The molecule has 3 aliphatic rings. The minimum absolute atomic E-state index is 0.0200. The smallest absolute Gasteiger partial charge is 0.241 e. The molecule has 3 heterocycles. The molecule has 3 atom stereocenters. The molecule has 1 amide bonds. The van der Waals surface area contributed by atoms with Crippen LogP contribution in [0.25, 0.3) is 0 Å². The van der Waals surface area contributed by atoms with Gasteiger partial charge in [-0.15, -0.1) is 0 Å². The third kappa shape index (κ3) is 2.23. The summed E-state index contributed by atoms with van der Waals surface area (Å²) in [6, 6.07) is 9.10. The van der Waals surface area contributed by atoms with E-state index < -0.39 is 0 Å². The van der Waals surface area contributed by atoms with Crippen LogP contribution in [-0.4, -0.2) is 47.7 Å². The van der Waals surface area contributed by atoms with Crippen molar-refractivity contribution in [2.45, 2.75) is 51.1 Å². The van der Waals surface area contributed by atoms with Crippen LogP contribution in [-0.2, 0) is 11.2 Å². The summed E-state index contributed by atoms with van der Waals surface area (Å²) in [5.41, 5.74) is 2.39. The lowest BCUT2D eigenvalue weighted by atomic mass is 9.72. The fourth-order valence-corrected chi connectivity index (χ4v) is 5.16. The molecule has 0 unspecified atom stereocenters.